The summed E-state index contributed by atoms with van der Waals surface area (Å²) in [6, 6.07) is 13.8. The van der Waals surface area contributed by atoms with E-state index in [9.17, 15) is 5.11 Å². The van der Waals surface area contributed by atoms with Crippen LogP contribution in [-0.4, -0.2) is 19.3 Å². The van der Waals surface area contributed by atoms with Crippen molar-refractivity contribution in [3.05, 3.63) is 52.5 Å². The first kappa shape index (κ1) is 14.9. The quantitative estimate of drug-likeness (QED) is 0.905. The van der Waals surface area contributed by atoms with Crippen molar-refractivity contribution in [3.8, 4) is 5.75 Å². The number of hydrogen-bond acceptors (Lipinski definition) is 3. The Kier molecular flexibility index (Phi) is 4.68. The Morgan fingerprint density at radius 2 is 1.90 bits per heavy atom. The van der Waals surface area contributed by atoms with Crippen LogP contribution in [0.4, 0.5) is 11.4 Å². The van der Waals surface area contributed by atoms with Crippen LogP contribution in [0.25, 0.3) is 0 Å². The molecule has 0 heterocycles. The summed E-state index contributed by atoms with van der Waals surface area (Å²) in [6.45, 7) is 1.75. The van der Waals surface area contributed by atoms with E-state index in [0.29, 0.717) is 0 Å². The van der Waals surface area contributed by atoms with Crippen LogP contribution in [0, 0.1) is 0 Å². The maximum absolute atomic E-state index is 9.67. The highest BCUT2D eigenvalue weighted by Crippen LogP contribution is 2.35. The lowest BCUT2D eigenvalue weighted by atomic mass is 10.1. The number of aliphatic hydroxyl groups is 1. The van der Waals surface area contributed by atoms with Crippen molar-refractivity contribution < 1.29 is 9.84 Å². The van der Waals surface area contributed by atoms with E-state index in [0.717, 1.165) is 27.2 Å². The Labute approximate surface area is 127 Å². The fraction of sp³-hybridized carbons (Fsp3) is 0.250. The number of methoxy groups -OCH3 is 1. The van der Waals surface area contributed by atoms with Crippen LogP contribution in [-0.2, 0) is 0 Å². The van der Waals surface area contributed by atoms with Crippen molar-refractivity contribution in [1.29, 1.82) is 0 Å². The smallest absolute Gasteiger partial charge is 0.142 e. The number of para-hydroxylation sites is 2. The summed E-state index contributed by atoms with van der Waals surface area (Å²) in [4.78, 5) is 2.05. The van der Waals surface area contributed by atoms with E-state index in [1.54, 1.807) is 14.0 Å². The van der Waals surface area contributed by atoms with Gasteiger partial charge in [-0.3, -0.25) is 0 Å². The molecule has 0 fully saturated rings. The van der Waals surface area contributed by atoms with Gasteiger partial charge in [0.05, 0.1) is 18.9 Å². The predicted molar refractivity (Wildman–Crippen MR) is 85.8 cm³/mol. The third-order valence-corrected chi connectivity index (χ3v) is 3.95. The second kappa shape index (κ2) is 6.29. The lowest BCUT2D eigenvalue weighted by molar-refractivity contribution is 0.198. The van der Waals surface area contributed by atoms with E-state index in [1.807, 2.05) is 49.5 Å². The summed E-state index contributed by atoms with van der Waals surface area (Å²) in [5, 5.41) is 9.67. The monoisotopic (exact) mass is 335 g/mol. The molecule has 2 aromatic rings. The van der Waals surface area contributed by atoms with E-state index in [-0.39, 0.29) is 0 Å². The van der Waals surface area contributed by atoms with E-state index in [1.165, 1.54) is 0 Å². The van der Waals surface area contributed by atoms with E-state index in [4.69, 9.17) is 4.74 Å². The molecule has 1 N–H and O–H groups in total. The number of nitrogens with zero attached hydrogens (tertiary/aromatic N) is 1. The van der Waals surface area contributed by atoms with Gasteiger partial charge in [0.25, 0.3) is 0 Å². The van der Waals surface area contributed by atoms with Gasteiger partial charge in [-0.05, 0) is 36.8 Å². The molecule has 0 aliphatic carbocycles. The Morgan fingerprint density at radius 3 is 2.50 bits per heavy atom. The molecule has 2 rings (SSSR count). The minimum Gasteiger partial charge on any atom is -0.495 e. The first-order chi connectivity index (χ1) is 9.54. The molecule has 0 aliphatic heterocycles. The van der Waals surface area contributed by atoms with E-state index in [2.05, 4.69) is 20.8 Å². The van der Waals surface area contributed by atoms with Crippen LogP contribution in [0.3, 0.4) is 0 Å². The van der Waals surface area contributed by atoms with Crippen LogP contribution < -0.4 is 9.64 Å². The molecule has 106 valence electrons. The predicted octanol–water partition coefficient (Wildman–Crippen LogP) is 4.28. The Balaban J connectivity index is 2.38. The molecular weight excluding hydrogens is 318 g/mol. The van der Waals surface area contributed by atoms with Gasteiger partial charge in [0.15, 0.2) is 0 Å². The molecule has 0 saturated carbocycles. The molecule has 0 radical (unpaired) electrons. The van der Waals surface area contributed by atoms with E-state index >= 15 is 0 Å². The molecule has 20 heavy (non-hydrogen) atoms. The average molecular weight is 336 g/mol. The highest BCUT2D eigenvalue weighted by atomic mass is 79.9. The first-order valence-corrected chi connectivity index (χ1v) is 7.18. The molecule has 4 heteroatoms. The molecule has 0 bridgehead atoms. The summed E-state index contributed by atoms with van der Waals surface area (Å²) in [5.74, 6) is 0.825. The molecule has 0 amide bonds. The van der Waals surface area contributed by atoms with Crippen molar-refractivity contribution in [2.75, 3.05) is 19.1 Å². The molecular formula is C16H18BrNO2. The Morgan fingerprint density at radius 1 is 1.20 bits per heavy atom. The molecule has 1 atom stereocenters. The van der Waals surface area contributed by atoms with Crippen LogP contribution in [0.5, 0.6) is 5.75 Å². The van der Waals surface area contributed by atoms with Crippen molar-refractivity contribution in [2.45, 2.75) is 13.0 Å². The van der Waals surface area contributed by atoms with Gasteiger partial charge in [-0.1, -0.05) is 34.1 Å². The largest absolute Gasteiger partial charge is 0.495 e. The number of aliphatic hydroxyl groups excluding tert-OH is 1. The number of anilines is 2. The molecule has 3 nitrogen and oxygen atoms in total. The van der Waals surface area contributed by atoms with Crippen LogP contribution in [0.15, 0.2) is 46.9 Å². The number of halogens is 1. The average Bonchev–Trinajstić information content (AvgIpc) is 2.45. The fourth-order valence-electron chi connectivity index (χ4n) is 2.11. The fourth-order valence-corrected chi connectivity index (χ4v) is 2.81. The summed E-state index contributed by atoms with van der Waals surface area (Å²) >= 11 is 3.51. The third kappa shape index (κ3) is 2.97. The first-order valence-electron chi connectivity index (χ1n) is 6.39. The van der Waals surface area contributed by atoms with Gasteiger partial charge in [-0.2, -0.15) is 0 Å². The topological polar surface area (TPSA) is 32.7 Å². The molecule has 0 aliphatic rings. The second-order valence-corrected chi connectivity index (χ2v) is 5.47. The highest BCUT2D eigenvalue weighted by molar-refractivity contribution is 9.10. The number of ether oxygens (including phenoxy) is 1. The summed E-state index contributed by atoms with van der Waals surface area (Å²) in [6.07, 6.45) is -0.491. The van der Waals surface area contributed by atoms with Gasteiger partial charge >= 0.3 is 0 Å². The standard InChI is InChI=1S/C16H18BrNO2/c1-11(19)13-9-8-12(10-14(13)17)18(2)15-6-4-5-7-16(15)20-3/h4-11,19H,1-3H3/t11-/m1/s1. The number of rotatable bonds is 4. The zero-order chi connectivity index (χ0) is 14.7. The molecule has 0 unspecified atom stereocenters. The Bertz CT molecular complexity index is 599. The normalized spacial score (nSPS) is 12.1. The van der Waals surface area contributed by atoms with Crippen molar-refractivity contribution >= 4 is 27.3 Å². The maximum atomic E-state index is 9.67. The number of hydrogen-bond donors (Lipinski definition) is 1. The zero-order valence-electron chi connectivity index (χ0n) is 11.8. The van der Waals surface area contributed by atoms with Crippen LogP contribution >= 0.6 is 15.9 Å². The van der Waals surface area contributed by atoms with Crippen LogP contribution in [0.2, 0.25) is 0 Å². The zero-order valence-corrected chi connectivity index (χ0v) is 13.4. The molecule has 2 aromatic carbocycles. The minimum atomic E-state index is -0.491. The van der Waals surface area contributed by atoms with Crippen molar-refractivity contribution in [1.82, 2.24) is 0 Å². The summed E-state index contributed by atoms with van der Waals surface area (Å²) < 4.78 is 6.28. The van der Waals surface area contributed by atoms with E-state index < -0.39 is 6.10 Å². The SMILES string of the molecule is COc1ccccc1N(C)c1ccc([C@@H](C)O)c(Br)c1. The highest BCUT2D eigenvalue weighted by Gasteiger charge is 2.12. The van der Waals surface area contributed by atoms with Gasteiger partial charge in [-0.25, -0.2) is 0 Å². The number of benzene rings is 2. The van der Waals surface area contributed by atoms with Gasteiger partial charge in [0.2, 0.25) is 0 Å². The molecule has 0 saturated heterocycles. The third-order valence-electron chi connectivity index (χ3n) is 3.27. The maximum Gasteiger partial charge on any atom is 0.142 e. The summed E-state index contributed by atoms with van der Waals surface area (Å²) in [5.41, 5.74) is 2.89. The molecule has 0 spiro atoms. The van der Waals surface area contributed by atoms with Gasteiger partial charge in [0, 0.05) is 17.2 Å². The van der Waals surface area contributed by atoms with Gasteiger partial charge in [0.1, 0.15) is 5.75 Å². The Hall–Kier alpha value is -1.52. The minimum absolute atomic E-state index is 0.491. The van der Waals surface area contributed by atoms with Crippen molar-refractivity contribution in [3.63, 3.8) is 0 Å². The second-order valence-electron chi connectivity index (χ2n) is 4.61. The van der Waals surface area contributed by atoms with Gasteiger partial charge in [-0.15, -0.1) is 0 Å². The summed E-state index contributed by atoms with van der Waals surface area (Å²) in [7, 11) is 3.65. The lowest BCUT2D eigenvalue weighted by Gasteiger charge is -2.23. The molecule has 0 aromatic heterocycles. The van der Waals surface area contributed by atoms with Crippen LogP contribution in [0.1, 0.15) is 18.6 Å². The lowest BCUT2D eigenvalue weighted by Crippen LogP contribution is -2.11. The van der Waals surface area contributed by atoms with Gasteiger partial charge < -0.3 is 14.7 Å². The van der Waals surface area contributed by atoms with Crippen molar-refractivity contribution in [2.24, 2.45) is 0 Å².